The van der Waals surface area contributed by atoms with Gasteiger partial charge in [-0.3, -0.25) is 9.10 Å². The molecular formula is C18H21FN2O4S. The highest BCUT2D eigenvalue weighted by Gasteiger charge is 2.29. The van der Waals surface area contributed by atoms with Crippen LogP contribution in [0.1, 0.15) is 13.8 Å². The number of para-hydroxylation sites is 2. The number of carbonyl (C=O) groups excluding carboxylic acids is 1. The Bertz CT molecular complexity index is 886. The number of hydrogen-bond donors (Lipinski definition) is 1. The van der Waals surface area contributed by atoms with E-state index < -0.39 is 27.8 Å². The fraction of sp³-hybridized carbons (Fsp3) is 0.278. The predicted octanol–water partition coefficient (Wildman–Crippen LogP) is 3.02. The summed E-state index contributed by atoms with van der Waals surface area (Å²) in [6.45, 7) is 3.67. The minimum atomic E-state index is -3.82. The number of nitrogens with zero attached hydrogens (tertiary/aromatic N) is 1. The Morgan fingerprint density at radius 1 is 1.23 bits per heavy atom. The van der Waals surface area contributed by atoms with Gasteiger partial charge in [0, 0.05) is 0 Å². The summed E-state index contributed by atoms with van der Waals surface area (Å²) in [6, 6.07) is 10.8. The lowest BCUT2D eigenvalue weighted by Gasteiger charge is -2.28. The third-order valence-electron chi connectivity index (χ3n) is 3.60. The number of nitrogens with one attached hydrogen (secondary N) is 1. The van der Waals surface area contributed by atoms with Crippen LogP contribution in [0.3, 0.4) is 0 Å². The average molecular weight is 380 g/mol. The molecule has 0 aliphatic carbocycles. The third-order valence-corrected chi connectivity index (χ3v) is 4.84. The Morgan fingerprint density at radius 2 is 1.92 bits per heavy atom. The van der Waals surface area contributed by atoms with E-state index in [-0.39, 0.29) is 5.69 Å². The monoisotopic (exact) mass is 380 g/mol. The van der Waals surface area contributed by atoms with E-state index in [1.54, 1.807) is 24.3 Å². The van der Waals surface area contributed by atoms with Gasteiger partial charge in [-0.05, 0) is 44.2 Å². The van der Waals surface area contributed by atoms with Crippen molar-refractivity contribution in [3.63, 3.8) is 0 Å². The van der Waals surface area contributed by atoms with Crippen LogP contribution in [0.25, 0.3) is 0 Å². The quantitative estimate of drug-likeness (QED) is 0.801. The number of sulfonamides is 1. The summed E-state index contributed by atoms with van der Waals surface area (Å²) < 4.78 is 44.3. The Labute approximate surface area is 152 Å². The molecular weight excluding hydrogens is 359 g/mol. The number of amides is 1. The summed E-state index contributed by atoms with van der Waals surface area (Å²) in [7, 11) is -3.82. The molecule has 1 N–H and O–H groups in total. The van der Waals surface area contributed by atoms with Crippen LogP contribution >= 0.6 is 0 Å². The van der Waals surface area contributed by atoms with Crippen LogP contribution in [0.5, 0.6) is 5.75 Å². The highest BCUT2D eigenvalue weighted by atomic mass is 32.2. The predicted molar refractivity (Wildman–Crippen MR) is 99.4 cm³/mol. The molecule has 140 valence electrons. The molecule has 6 nitrogen and oxygen atoms in total. The van der Waals surface area contributed by atoms with Crippen LogP contribution in [-0.2, 0) is 14.8 Å². The number of anilines is 2. The molecule has 1 atom stereocenters. The van der Waals surface area contributed by atoms with Crippen LogP contribution in [0.15, 0.2) is 48.5 Å². The molecule has 1 amide bonds. The normalized spacial score (nSPS) is 12.3. The molecule has 0 fully saturated rings. The zero-order valence-electron chi connectivity index (χ0n) is 14.8. The van der Waals surface area contributed by atoms with Gasteiger partial charge in [0.25, 0.3) is 0 Å². The van der Waals surface area contributed by atoms with Crippen LogP contribution in [0.4, 0.5) is 15.8 Å². The highest BCUT2D eigenvalue weighted by Crippen LogP contribution is 2.26. The molecule has 2 aromatic rings. The molecule has 0 saturated carbocycles. The van der Waals surface area contributed by atoms with Gasteiger partial charge in [0.15, 0.2) is 0 Å². The van der Waals surface area contributed by atoms with Gasteiger partial charge in [0.05, 0.1) is 24.2 Å². The van der Waals surface area contributed by atoms with Crippen molar-refractivity contribution in [2.24, 2.45) is 0 Å². The van der Waals surface area contributed by atoms with Crippen molar-refractivity contribution in [1.82, 2.24) is 0 Å². The first kappa shape index (κ1) is 19.7. The minimum absolute atomic E-state index is 0.0771. The first-order valence-corrected chi connectivity index (χ1v) is 9.86. The van der Waals surface area contributed by atoms with Crippen molar-refractivity contribution in [3.8, 4) is 5.75 Å². The second-order valence-corrected chi connectivity index (χ2v) is 7.49. The van der Waals surface area contributed by atoms with Gasteiger partial charge in [-0.2, -0.15) is 0 Å². The maximum absolute atomic E-state index is 13.5. The number of benzene rings is 2. The van der Waals surface area contributed by atoms with Crippen LogP contribution in [-0.4, -0.2) is 33.2 Å². The van der Waals surface area contributed by atoms with Crippen molar-refractivity contribution >= 4 is 27.3 Å². The van der Waals surface area contributed by atoms with Crippen LogP contribution < -0.4 is 14.4 Å². The van der Waals surface area contributed by atoms with Crippen LogP contribution in [0.2, 0.25) is 0 Å². The molecule has 2 aromatic carbocycles. The Balaban J connectivity index is 2.32. The number of halogens is 1. The van der Waals surface area contributed by atoms with Gasteiger partial charge in [-0.1, -0.05) is 18.2 Å². The van der Waals surface area contributed by atoms with E-state index >= 15 is 0 Å². The molecule has 0 spiro atoms. The topological polar surface area (TPSA) is 75.7 Å². The number of carbonyl (C=O) groups is 1. The average Bonchev–Trinajstić information content (AvgIpc) is 2.55. The molecule has 0 bridgehead atoms. The Hall–Kier alpha value is -2.61. The second kappa shape index (κ2) is 8.18. The zero-order valence-corrected chi connectivity index (χ0v) is 15.6. The van der Waals surface area contributed by atoms with E-state index in [1.165, 1.54) is 25.1 Å². The zero-order chi connectivity index (χ0) is 19.3. The summed E-state index contributed by atoms with van der Waals surface area (Å²) in [5.74, 6) is -0.676. The standard InChI is InChI=1S/C18H21FN2O4S/c1-4-25-17-11-6-5-10-16(17)20-18(22)13(2)21(26(3,23)24)15-9-7-8-14(19)12-15/h5-13H,4H2,1-3H3,(H,20,22)/t13-/m1/s1. The van der Waals surface area contributed by atoms with Gasteiger partial charge in [-0.15, -0.1) is 0 Å². The lowest BCUT2D eigenvalue weighted by atomic mass is 10.2. The van der Waals surface area contributed by atoms with Crippen LogP contribution in [0, 0.1) is 5.82 Å². The number of hydrogen-bond acceptors (Lipinski definition) is 4. The van der Waals surface area contributed by atoms with Crippen molar-refractivity contribution in [2.45, 2.75) is 19.9 Å². The summed E-state index contributed by atoms with van der Waals surface area (Å²) in [5.41, 5.74) is 0.507. The second-order valence-electron chi connectivity index (χ2n) is 5.63. The van der Waals surface area contributed by atoms with E-state index in [4.69, 9.17) is 4.74 Å². The first-order valence-electron chi connectivity index (χ1n) is 8.01. The molecule has 2 rings (SSSR count). The summed E-state index contributed by atoms with van der Waals surface area (Å²) >= 11 is 0. The lowest BCUT2D eigenvalue weighted by Crippen LogP contribution is -2.45. The van der Waals surface area contributed by atoms with Gasteiger partial charge >= 0.3 is 0 Å². The summed E-state index contributed by atoms with van der Waals surface area (Å²) in [4.78, 5) is 12.6. The maximum atomic E-state index is 13.5. The van der Waals surface area contributed by atoms with Gasteiger partial charge in [0.1, 0.15) is 17.6 Å². The molecule has 26 heavy (non-hydrogen) atoms. The van der Waals surface area contributed by atoms with Crippen molar-refractivity contribution < 1.29 is 22.3 Å². The molecule has 0 saturated heterocycles. The van der Waals surface area contributed by atoms with Crippen molar-refractivity contribution in [3.05, 3.63) is 54.3 Å². The highest BCUT2D eigenvalue weighted by molar-refractivity contribution is 7.92. The molecule has 8 heteroatoms. The molecule has 0 radical (unpaired) electrons. The third kappa shape index (κ3) is 4.72. The minimum Gasteiger partial charge on any atom is -0.492 e. The van der Waals surface area contributed by atoms with Gasteiger partial charge in [0.2, 0.25) is 15.9 Å². The SMILES string of the molecule is CCOc1ccccc1NC(=O)[C@@H](C)N(c1cccc(F)c1)S(C)(=O)=O. The van der Waals surface area contributed by atoms with E-state index in [0.29, 0.717) is 18.0 Å². The smallest absolute Gasteiger partial charge is 0.248 e. The fourth-order valence-electron chi connectivity index (χ4n) is 2.51. The van der Waals surface area contributed by atoms with Gasteiger partial charge in [-0.25, -0.2) is 12.8 Å². The maximum Gasteiger partial charge on any atom is 0.248 e. The Morgan fingerprint density at radius 3 is 2.54 bits per heavy atom. The summed E-state index contributed by atoms with van der Waals surface area (Å²) in [6.07, 6.45) is 0.968. The number of rotatable bonds is 7. The molecule has 0 aliphatic rings. The molecule has 0 unspecified atom stereocenters. The summed E-state index contributed by atoms with van der Waals surface area (Å²) in [5, 5.41) is 2.67. The Kier molecular flexibility index (Phi) is 6.20. The van der Waals surface area contributed by atoms with Crippen molar-refractivity contribution in [2.75, 3.05) is 22.5 Å². The van der Waals surface area contributed by atoms with Gasteiger partial charge < -0.3 is 10.1 Å². The molecule has 0 aliphatic heterocycles. The fourth-order valence-corrected chi connectivity index (χ4v) is 3.68. The largest absolute Gasteiger partial charge is 0.492 e. The van der Waals surface area contributed by atoms with E-state index in [2.05, 4.69) is 5.32 Å². The first-order chi connectivity index (χ1) is 12.2. The molecule has 0 aromatic heterocycles. The molecule has 0 heterocycles. The van der Waals surface area contributed by atoms with Crippen molar-refractivity contribution in [1.29, 1.82) is 0 Å². The van der Waals surface area contributed by atoms with E-state index in [1.807, 2.05) is 6.92 Å². The number of ether oxygens (including phenoxy) is 1. The van der Waals surface area contributed by atoms with E-state index in [0.717, 1.165) is 16.6 Å². The van der Waals surface area contributed by atoms with E-state index in [9.17, 15) is 17.6 Å². The lowest BCUT2D eigenvalue weighted by molar-refractivity contribution is -0.116.